The Bertz CT molecular complexity index is 5160. The molecule has 3 aromatic heterocycles. The van der Waals surface area contributed by atoms with Crippen LogP contribution in [0, 0.1) is 69.5 Å². The van der Waals surface area contributed by atoms with Gasteiger partial charge < -0.3 is 76.5 Å². The predicted molar refractivity (Wildman–Crippen MR) is 489 cm³/mol. The number of fused-ring (bicyclic) bond motifs is 15. The Morgan fingerprint density at radius 2 is 0.741 bits per heavy atom. The first-order valence-electron chi connectivity index (χ1n) is 48.0. The van der Waals surface area contributed by atoms with Crippen molar-refractivity contribution in [1.82, 2.24) is 44.6 Å². The number of carbonyl (C=O) groups excluding carboxylic acids is 9. The van der Waals surface area contributed by atoms with Gasteiger partial charge in [-0.2, -0.15) is 0 Å². The Hall–Kier alpha value is -8.12. The van der Waals surface area contributed by atoms with Gasteiger partial charge in [-0.3, -0.25) is 28.8 Å². The number of esters is 3. The van der Waals surface area contributed by atoms with Gasteiger partial charge in [0.2, 0.25) is 35.4 Å². The molecule has 3 aromatic carbocycles. The summed E-state index contributed by atoms with van der Waals surface area (Å²) < 4.78 is 88.4. The molecule has 33 heteroatoms. The molecule has 3 amide bonds. The van der Waals surface area contributed by atoms with E-state index in [2.05, 4.69) is 25.8 Å². The maximum Gasteiger partial charge on any atom is 0.307 e. The molecular weight excluding hydrogens is 1850 g/mol. The van der Waals surface area contributed by atoms with Gasteiger partial charge in [0, 0.05) is 112 Å². The topological polar surface area (TPSA) is 333 Å². The molecule has 3 saturated carbocycles. The zero-order valence-corrected chi connectivity index (χ0v) is 85.7. The van der Waals surface area contributed by atoms with Crippen molar-refractivity contribution in [2.24, 2.45) is 69.5 Å². The van der Waals surface area contributed by atoms with E-state index in [0.717, 1.165) is 106 Å². The van der Waals surface area contributed by atoms with Crippen LogP contribution in [0.25, 0.3) is 33.1 Å². The summed E-state index contributed by atoms with van der Waals surface area (Å²) in [5.41, 5.74) is 3.47. The second-order valence-corrected chi connectivity index (χ2v) is 41.2. The molecule has 0 spiro atoms. The van der Waals surface area contributed by atoms with Crippen LogP contribution in [0.15, 0.2) is 54.6 Å². The Morgan fingerprint density at radius 3 is 1.07 bits per heavy atom. The normalized spacial score (nSPS) is 29.3. The van der Waals surface area contributed by atoms with Crippen LogP contribution in [0.1, 0.15) is 255 Å². The van der Waals surface area contributed by atoms with E-state index in [1.807, 2.05) is 132 Å². The van der Waals surface area contributed by atoms with Gasteiger partial charge in [0.05, 0.1) is 118 Å². The number of aryl methyl sites for hydroxylation is 3. The summed E-state index contributed by atoms with van der Waals surface area (Å²) in [5, 5.41) is 0. The summed E-state index contributed by atoms with van der Waals surface area (Å²) in [6, 6.07) is 14.2. The summed E-state index contributed by atoms with van der Waals surface area (Å²) in [6.07, 6.45) is 19.2. The molecule has 9 heterocycles. The van der Waals surface area contributed by atoms with Gasteiger partial charge in [0.1, 0.15) is 69.9 Å². The van der Waals surface area contributed by atoms with Crippen molar-refractivity contribution < 1.29 is 155 Å². The van der Waals surface area contributed by atoms with E-state index in [-0.39, 0.29) is 148 Å². The molecular formula is C102H136F2N9O19V3-3. The van der Waals surface area contributed by atoms with Crippen LogP contribution in [-0.4, -0.2) is 213 Å². The van der Waals surface area contributed by atoms with Crippen LogP contribution in [0.5, 0.6) is 34.9 Å². The molecule has 6 aliphatic heterocycles. The van der Waals surface area contributed by atoms with Gasteiger partial charge >= 0.3 is 17.9 Å². The predicted octanol–water partition coefficient (Wildman–Crippen LogP) is 16.3. The Labute approximate surface area is 829 Å². The molecule has 3 saturated heterocycles. The summed E-state index contributed by atoms with van der Waals surface area (Å²) in [6.45, 7) is 26.0. The number of hydrogen-bond acceptors (Lipinski definition) is 25. The monoisotopic (exact) mass is 1980 g/mol. The number of alkyl halides is 2. The molecule has 0 N–H and O–H groups in total. The number of rotatable bonds is 12. The van der Waals surface area contributed by atoms with E-state index >= 15 is 0 Å². The Morgan fingerprint density at radius 1 is 0.407 bits per heavy atom. The molecule has 6 aromatic rings. The average molecular weight is 1980 g/mol. The van der Waals surface area contributed by atoms with Crippen LogP contribution in [0.3, 0.4) is 0 Å². The van der Waals surface area contributed by atoms with Crippen molar-refractivity contribution in [3.63, 3.8) is 0 Å². The molecule has 18 atom stereocenters. The molecule has 735 valence electrons. The van der Waals surface area contributed by atoms with Gasteiger partial charge in [-0.25, -0.2) is 57.5 Å². The third-order valence-corrected chi connectivity index (χ3v) is 29.3. The maximum atomic E-state index is 14.5. The molecule has 135 heavy (non-hydrogen) atoms. The number of carbonyl (C=O) groups is 6. The minimum absolute atomic E-state index is 0. The fourth-order valence-electron chi connectivity index (χ4n) is 21.2. The first-order valence-corrected chi connectivity index (χ1v) is 48.0. The van der Waals surface area contributed by atoms with E-state index in [1.54, 1.807) is 44.3 Å². The molecule has 15 rings (SSSR count). The number of aromatic nitrogens is 6. The van der Waals surface area contributed by atoms with Crippen molar-refractivity contribution in [3.05, 3.63) is 71.7 Å². The van der Waals surface area contributed by atoms with Crippen molar-refractivity contribution in [2.75, 3.05) is 54.7 Å². The van der Waals surface area contributed by atoms with E-state index in [1.165, 1.54) is 4.90 Å². The standard InChI is InChI=1S/C34H44F2N3O6.C34H46N3O7.C34H46N3O6.3V/c1-6-22-27(19-40)39-18-29(22)45-31-25(37-24-13-12-21(43-5)14-26(24)38-31)11-9-7-8-10-20-16-34(35,36)17-28(20)44-30(41)15-23(32(39)42)33(2,3)4;1-7-23-28(19-38)37-18-29(23)43-31-26(35-25-14-13-22(42-6)15-27(25)36-31)12-10-8-9-11-21-17-34(21,20-41-5)44-30(39)16-24(32(37)40)33(2,3)4;1-7-23-28(20-38)37-19-29(23)42-31-26(35-25-15-14-22(41-6)16-27(25)36-31)13-11-9-10-12-21-18-34(21,8-2)43-30(39)17-24(32(37)40)33(3,4)5;;;/h12-14,20,22-23,27-29H,6-11,15-18H2,1-5H3;13-15,21,23-24,28-29H,7-12,16-18,20H2,1-6H3;14-16,21,23-24,28-29H,7-13,17-19H2,1-6H3;;;/q3*-1;;;/t20-,22+,23-,27-,28-,29+;21-,23+,24-,28-,29+,34+;21-,23+,24-,28-,29+,34-;;;/m111.../s1. The van der Waals surface area contributed by atoms with Crippen LogP contribution in [-0.2, 0) is 137 Å². The van der Waals surface area contributed by atoms with Gasteiger partial charge in [-0.15, -0.1) is 0 Å². The van der Waals surface area contributed by atoms with Gasteiger partial charge in [0.15, 0.2) is 0 Å². The van der Waals surface area contributed by atoms with Crippen molar-refractivity contribution in [2.45, 2.75) is 317 Å². The van der Waals surface area contributed by atoms with Crippen molar-refractivity contribution in [1.29, 1.82) is 0 Å². The minimum atomic E-state index is -2.91. The summed E-state index contributed by atoms with van der Waals surface area (Å²) >= 11 is 0. The van der Waals surface area contributed by atoms with Crippen LogP contribution in [0.4, 0.5) is 8.78 Å². The third kappa shape index (κ3) is 25.4. The first-order chi connectivity index (χ1) is 62.9. The largest absolute Gasteiger partial charge is 0.540 e. The number of hydrogen-bond donors (Lipinski definition) is 0. The van der Waals surface area contributed by atoms with Gasteiger partial charge in [0.25, 0.3) is 5.92 Å². The fraction of sp³-hybridized carbons (Fsp3) is 0.676. The zero-order valence-electron chi connectivity index (χ0n) is 81.5. The number of nitrogens with zero attached hydrogens (tertiary/aromatic N) is 9. The molecule has 28 nitrogen and oxygen atoms in total. The van der Waals surface area contributed by atoms with Crippen LogP contribution in [0.2, 0.25) is 0 Å². The molecule has 6 fully saturated rings. The second-order valence-electron chi connectivity index (χ2n) is 41.2. The number of ether oxygens (including phenoxy) is 10. The number of methoxy groups -OCH3 is 4. The molecule has 3 radical (unpaired) electrons. The first kappa shape index (κ1) is 109. The average Bonchev–Trinajstić information content (AvgIpc) is 1.60. The molecule has 0 unspecified atom stereocenters. The molecule has 6 bridgehead atoms. The number of halogens is 2. The number of amides is 3. The van der Waals surface area contributed by atoms with E-state index < -0.39 is 118 Å². The summed E-state index contributed by atoms with van der Waals surface area (Å²) in [4.78, 5) is 154. The van der Waals surface area contributed by atoms with Gasteiger partial charge in [-0.1, -0.05) is 166 Å². The Kier molecular flexibility index (Phi) is 37.4. The molecule has 9 aliphatic rings. The number of benzene rings is 3. The van der Waals surface area contributed by atoms with E-state index in [9.17, 15) is 51.9 Å². The van der Waals surface area contributed by atoms with Crippen LogP contribution < -0.4 is 28.4 Å². The summed E-state index contributed by atoms with van der Waals surface area (Å²) in [7, 11) is 6.42. The quantitative estimate of drug-likeness (QED) is 0.0624. The second kappa shape index (κ2) is 46.3. The van der Waals surface area contributed by atoms with E-state index in [0.29, 0.717) is 127 Å². The minimum Gasteiger partial charge on any atom is -0.540 e. The molecule has 3 aliphatic carbocycles. The summed E-state index contributed by atoms with van der Waals surface area (Å²) in [5.74, 6) is -5.06. The van der Waals surface area contributed by atoms with Crippen LogP contribution >= 0.6 is 0 Å². The third-order valence-electron chi connectivity index (χ3n) is 29.3. The smallest absolute Gasteiger partial charge is 0.307 e. The maximum absolute atomic E-state index is 14.5. The van der Waals surface area contributed by atoms with Crippen molar-refractivity contribution >= 4 is 87.6 Å². The zero-order chi connectivity index (χ0) is 95.1. The Balaban J connectivity index is 0.000000207. The van der Waals surface area contributed by atoms with Crippen molar-refractivity contribution in [3.8, 4) is 34.9 Å². The SMILES string of the molecule is CC[C@@H]1[C@@H]2CN(C(=O)[C@H](C(C)(C)C)CC(=O)O[C@@H]3CC(F)(F)C[C@H]3CCCCCc3nc4ccc(OC)cc4nc3O2)[C@@H]1[C-]=O.CC[C@@H]1[C@@H]2CN(C(=O)[C@H](C(C)(C)C)CC(=O)O[C@]3(CC)C[C@H]3CCCCCc3nc4ccc(OC)cc4nc3O2)[C@@H]1[C-]=O.CC[C@@H]1[C@@H]2CN(C(=O)[C@H](C(C)(C)C)CC(=O)O[C@]3(COC)C[C@H]3CCCCCc3nc4ccc(OC)cc4nc3O2)[C@@H]1[C-]=O.[V].[V].[V]. The van der Waals surface area contributed by atoms with Gasteiger partial charge in [-0.05, 0) is 147 Å². The van der Waals surface area contributed by atoms with E-state index in [4.69, 9.17) is 77.3 Å². The fourth-order valence-corrected chi connectivity index (χ4v) is 21.2.